The molecule has 1 atom stereocenters. The third kappa shape index (κ3) is 3.66. The minimum Gasteiger partial charge on any atom is -0.323 e. The van der Waals surface area contributed by atoms with E-state index in [4.69, 9.17) is 0 Å². The number of hydrogen-bond acceptors (Lipinski definition) is 5. The normalized spacial score (nSPS) is 24.0. The lowest BCUT2D eigenvalue weighted by Gasteiger charge is -2.38. The van der Waals surface area contributed by atoms with E-state index in [0.29, 0.717) is 0 Å². The Hall–Kier alpha value is -2.32. The van der Waals surface area contributed by atoms with Crippen molar-refractivity contribution in [3.8, 4) is 0 Å². The number of imide groups is 1. The van der Waals surface area contributed by atoms with Crippen LogP contribution >= 0.6 is 11.3 Å². The SMILES string of the molecule is CC1(C2CCN(Cc3nccs3)CC2)NC(=O)N(Cc2ccc(F)cc2)C1=O. The van der Waals surface area contributed by atoms with Crippen LogP contribution in [0, 0.1) is 11.7 Å². The van der Waals surface area contributed by atoms with Gasteiger partial charge in [-0.1, -0.05) is 12.1 Å². The van der Waals surface area contributed by atoms with Crippen molar-refractivity contribution in [2.45, 2.75) is 38.4 Å². The zero-order valence-electron chi connectivity index (χ0n) is 15.7. The summed E-state index contributed by atoms with van der Waals surface area (Å²) < 4.78 is 13.1. The Morgan fingerprint density at radius 3 is 2.57 bits per heavy atom. The number of hydrogen-bond donors (Lipinski definition) is 1. The van der Waals surface area contributed by atoms with Crippen molar-refractivity contribution >= 4 is 23.3 Å². The fourth-order valence-corrected chi connectivity index (χ4v) is 4.76. The average molecular weight is 402 g/mol. The summed E-state index contributed by atoms with van der Waals surface area (Å²) >= 11 is 1.65. The molecular weight excluding hydrogens is 379 g/mol. The van der Waals surface area contributed by atoms with Crippen molar-refractivity contribution in [1.82, 2.24) is 20.1 Å². The number of thiazole rings is 1. The van der Waals surface area contributed by atoms with Crippen LogP contribution in [-0.2, 0) is 17.9 Å². The van der Waals surface area contributed by atoms with Crippen LogP contribution < -0.4 is 5.32 Å². The maximum Gasteiger partial charge on any atom is 0.325 e. The molecule has 0 radical (unpaired) electrons. The van der Waals surface area contributed by atoms with Gasteiger partial charge in [-0.05, 0) is 56.5 Å². The number of benzene rings is 1. The first-order chi connectivity index (χ1) is 13.5. The van der Waals surface area contributed by atoms with E-state index in [2.05, 4.69) is 15.2 Å². The van der Waals surface area contributed by atoms with Crippen molar-refractivity contribution in [2.24, 2.45) is 5.92 Å². The number of nitrogens with zero attached hydrogens (tertiary/aromatic N) is 3. The molecule has 3 heterocycles. The average Bonchev–Trinajstić information content (AvgIpc) is 3.27. The third-order valence-corrected chi connectivity index (χ3v) is 6.57. The van der Waals surface area contributed by atoms with Gasteiger partial charge in [0.2, 0.25) is 0 Å². The lowest BCUT2D eigenvalue weighted by molar-refractivity contribution is -0.133. The second-order valence-corrected chi connectivity index (χ2v) is 8.61. The summed E-state index contributed by atoms with van der Waals surface area (Å²) in [6.45, 7) is 4.57. The smallest absolute Gasteiger partial charge is 0.323 e. The Bertz CT molecular complexity index is 850. The minimum absolute atomic E-state index is 0.0923. The number of rotatable bonds is 5. The topological polar surface area (TPSA) is 65.5 Å². The second kappa shape index (κ2) is 7.60. The summed E-state index contributed by atoms with van der Waals surface area (Å²) in [5.41, 5.74) is -0.155. The molecule has 0 saturated carbocycles. The Labute approximate surface area is 167 Å². The molecule has 2 fully saturated rings. The summed E-state index contributed by atoms with van der Waals surface area (Å²) in [6, 6.07) is 5.50. The quantitative estimate of drug-likeness (QED) is 0.781. The molecule has 1 aromatic carbocycles. The molecule has 1 N–H and O–H groups in total. The molecule has 2 saturated heterocycles. The summed E-state index contributed by atoms with van der Waals surface area (Å²) in [4.78, 5) is 33.5. The first kappa shape index (κ1) is 19.0. The first-order valence-corrected chi connectivity index (χ1v) is 10.3. The molecule has 0 bridgehead atoms. The molecule has 4 rings (SSSR count). The van der Waals surface area contributed by atoms with E-state index in [9.17, 15) is 14.0 Å². The predicted molar refractivity (Wildman–Crippen MR) is 104 cm³/mol. The highest BCUT2D eigenvalue weighted by Crippen LogP contribution is 2.34. The first-order valence-electron chi connectivity index (χ1n) is 9.45. The van der Waals surface area contributed by atoms with Crippen molar-refractivity contribution in [3.05, 3.63) is 52.2 Å². The molecule has 3 amide bonds. The van der Waals surface area contributed by atoms with E-state index in [0.717, 1.165) is 43.0 Å². The Kier molecular flexibility index (Phi) is 5.16. The van der Waals surface area contributed by atoms with Gasteiger partial charge in [-0.2, -0.15) is 0 Å². The molecular formula is C20H23FN4O2S. The molecule has 2 aromatic rings. The Morgan fingerprint density at radius 1 is 1.21 bits per heavy atom. The van der Waals surface area contributed by atoms with Crippen molar-refractivity contribution in [1.29, 1.82) is 0 Å². The highest BCUT2D eigenvalue weighted by atomic mass is 32.1. The maximum atomic E-state index is 13.1. The number of likely N-dealkylation sites (tertiary alicyclic amines) is 1. The van der Waals surface area contributed by atoms with Crippen molar-refractivity contribution in [2.75, 3.05) is 13.1 Å². The number of amides is 3. The second-order valence-electron chi connectivity index (χ2n) is 7.63. The third-order valence-electron chi connectivity index (χ3n) is 5.80. The van der Waals surface area contributed by atoms with E-state index >= 15 is 0 Å². The van der Waals surface area contributed by atoms with E-state index in [1.165, 1.54) is 17.0 Å². The van der Waals surface area contributed by atoms with Crippen LogP contribution in [0.15, 0.2) is 35.8 Å². The molecule has 2 aliphatic heterocycles. The van der Waals surface area contributed by atoms with Crippen LogP contribution in [0.5, 0.6) is 0 Å². The predicted octanol–water partition coefficient (Wildman–Crippen LogP) is 3.00. The summed E-state index contributed by atoms with van der Waals surface area (Å²) in [6.07, 6.45) is 3.51. The Balaban J connectivity index is 1.39. The Morgan fingerprint density at radius 2 is 1.93 bits per heavy atom. The number of aromatic nitrogens is 1. The van der Waals surface area contributed by atoms with E-state index in [-0.39, 0.29) is 30.2 Å². The molecule has 6 nitrogen and oxygen atoms in total. The molecule has 1 aromatic heterocycles. The van der Waals surface area contributed by atoms with Gasteiger partial charge in [-0.3, -0.25) is 14.6 Å². The molecule has 1 unspecified atom stereocenters. The highest BCUT2D eigenvalue weighted by Gasteiger charge is 2.52. The van der Waals surface area contributed by atoms with Gasteiger partial charge in [-0.25, -0.2) is 14.2 Å². The van der Waals surface area contributed by atoms with E-state index in [1.54, 1.807) is 23.5 Å². The van der Waals surface area contributed by atoms with Gasteiger partial charge in [0.05, 0.1) is 13.1 Å². The van der Waals surface area contributed by atoms with Crippen molar-refractivity contribution < 1.29 is 14.0 Å². The van der Waals surface area contributed by atoms with Gasteiger partial charge in [0.1, 0.15) is 16.4 Å². The van der Waals surface area contributed by atoms with E-state index in [1.807, 2.05) is 18.5 Å². The number of nitrogens with one attached hydrogen (secondary N) is 1. The van der Waals surface area contributed by atoms with Crippen molar-refractivity contribution in [3.63, 3.8) is 0 Å². The number of urea groups is 1. The molecule has 148 valence electrons. The van der Waals surface area contributed by atoms with Gasteiger partial charge in [-0.15, -0.1) is 11.3 Å². The molecule has 0 spiro atoms. The minimum atomic E-state index is -0.885. The standard InChI is InChI=1S/C20H23FN4O2S/c1-20(15-6-9-24(10-7-15)13-17-22-8-11-28-17)18(26)25(19(27)23-20)12-14-2-4-16(21)5-3-14/h2-5,8,11,15H,6-7,9-10,12-13H2,1H3,(H,23,27). The maximum absolute atomic E-state index is 13.1. The molecule has 8 heteroatoms. The van der Waals surface area contributed by atoms with Crippen LogP contribution in [-0.4, -0.2) is 45.4 Å². The number of carbonyl (C=O) groups excluding carboxylic acids is 2. The summed E-state index contributed by atoms with van der Waals surface area (Å²) in [7, 11) is 0. The number of piperidine rings is 1. The molecule has 2 aliphatic rings. The lowest BCUT2D eigenvalue weighted by atomic mass is 9.79. The fourth-order valence-electron chi connectivity index (χ4n) is 4.10. The zero-order chi connectivity index (χ0) is 19.7. The summed E-state index contributed by atoms with van der Waals surface area (Å²) in [5.74, 6) is -0.440. The highest BCUT2D eigenvalue weighted by molar-refractivity contribution is 7.09. The fraction of sp³-hybridized carbons (Fsp3) is 0.450. The lowest BCUT2D eigenvalue weighted by Crippen LogP contribution is -2.53. The van der Waals surface area contributed by atoms with Gasteiger partial charge in [0, 0.05) is 11.6 Å². The van der Waals surface area contributed by atoms with Crippen LogP contribution in [0.25, 0.3) is 0 Å². The van der Waals surface area contributed by atoms with Crippen LogP contribution in [0.2, 0.25) is 0 Å². The molecule has 28 heavy (non-hydrogen) atoms. The molecule has 0 aliphatic carbocycles. The summed E-state index contributed by atoms with van der Waals surface area (Å²) in [5, 5.41) is 6.00. The van der Waals surface area contributed by atoms with Crippen LogP contribution in [0.3, 0.4) is 0 Å². The monoisotopic (exact) mass is 402 g/mol. The zero-order valence-corrected chi connectivity index (χ0v) is 16.5. The number of halogens is 1. The van der Waals surface area contributed by atoms with Crippen LogP contribution in [0.1, 0.15) is 30.3 Å². The van der Waals surface area contributed by atoms with Gasteiger partial charge < -0.3 is 5.32 Å². The van der Waals surface area contributed by atoms with Gasteiger partial charge >= 0.3 is 6.03 Å². The van der Waals surface area contributed by atoms with E-state index < -0.39 is 5.54 Å². The van der Waals surface area contributed by atoms with Gasteiger partial charge in [0.25, 0.3) is 5.91 Å². The number of carbonyl (C=O) groups is 2. The largest absolute Gasteiger partial charge is 0.325 e. The van der Waals surface area contributed by atoms with Crippen LogP contribution in [0.4, 0.5) is 9.18 Å². The van der Waals surface area contributed by atoms with Gasteiger partial charge in [0.15, 0.2) is 0 Å².